The largest absolute Gasteiger partial charge is 0.441 e. The molecule has 2 aliphatic heterocycles. The number of aliphatic hydroxyl groups excluding tert-OH is 2. The first-order chi connectivity index (χ1) is 7.54. The van der Waals surface area contributed by atoms with Crippen LogP contribution in [0.4, 0.5) is 4.79 Å². The molecule has 0 saturated carbocycles. The van der Waals surface area contributed by atoms with Crippen LogP contribution in [0.5, 0.6) is 0 Å². The second-order valence-corrected chi connectivity index (χ2v) is 3.99. The van der Waals surface area contributed by atoms with E-state index in [4.69, 9.17) is 14.2 Å². The summed E-state index contributed by atoms with van der Waals surface area (Å²) in [5.41, 5.74) is 0. The minimum atomic E-state index is -1.14. The lowest BCUT2D eigenvalue weighted by atomic mass is 10.0. The molecule has 6 atom stereocenters. The van der Waals surface area contributed by atoms with Crippen molar-refractivity contribution in [1.29, 1.82) is 0 Å². The van der Waals surface area contributed by atoms with Crippen LogP contribution < -0.4 is 5.32 Å². The molecule has 7 heteroatoms. The first-order valence-corrected chi connectivity index (χ1v) is 5.06. The van der Waals surface area contributed by atoms with Gasteiger partial charge in [0.1, 0.15) is 18.3 Å². The maximum Gasteiger partial charge on any atom is 0.407 e. The number of nitrogens with one attached hydrogen (secondary N) is 1. The predicted molar refractivity (Wildman–Crippen MR) is 50.6 cm³/mol. The number of amides is 1. The van der Waals surface area contributed by atoms with E-state index in [0.717, 1.165) is 0 Å². The fourth-order valence-electron chi connectivity index (χ4n) is 2.02. The van der Waals surface area contributed by atoms with Gasteiger partial charge in [-0.1, -0.05) is 0 Å². The quantitative estimate of drug-likeness (QED) is 0.541. The summed E-state index contributed by atoms with van der Waals surface area (Å²) in [7, 11) is 1.37. The van der Waals surface area contributed by atoms with Crippen LogP contribution in [0.25, 0.3) is 0 Å². The third-order valence-electron chi connectivity index (χ3n) is 2.89. The van der Waals surface area contributed by atoms with Gasteiger partial charge in [-0.05, 0) is 6.92 Å². The van der Waals surface area contributed by atoms with Crippen LogP contribution in [0.15, 0.2) is 0 Å². The van der Waals surface area contributed by atoms with Crippen LogP contribution in [0.2, 0.25) is 0 Å². The highest BCUT2D eigenvalue weighted by atomic mass is 16.7. The molecule has 92 valence electrons. The molecule has 0 aromatic rings. The van der Waals surface area contributed by atoms with E-state index in [0.29, 0.717) is 0 Å². The number of hydrogen-bond donors (Lipinski definition) is 3. The number of methoxy groups -OCH3 is 1. The molecule has 2 saturated heterocycles. The van der Waals surface area contributed by atoms with Crippen molar-refractivity contribution in [2.75, 3.05) is 7.11 Å². The lowest BCUT2D eigenvalue weighted by Crippen LogP contribution is -2.44. The highest BCUT2D eigenvalue weighted by molar-refractivity contribution is 5.70. The number of hydrogen-bond acceptors (Lipinski definition) is 6. The molecule has 1 amide bonds. The molecule has 0 spiro atoms. The minimum absolute atomic E-state index is 0.282. The molecular formula is C9H15NO6. The third kappa shape index (κ3) is 1.75. The Kier molecular flexibility index (Phi) is 3.02. The van der Waals surface area contributed by atoms with E-state index in [9.17, 15) is 15.0 Å². The number of rotatable bonds is 2. The van der Waals surface area contributed by atoms with E-state index in [1.54, 1.807) is 6.92 Å². The van der Waals surface area contributed by atoms with Gasteiger partial charge < -0.3 is 29.7 Å². The molecule has 2 heterocycles. The van der Waals surface area contributed by atoms with Crippen LogP contribution in [-0.4, -0.2) is 60.2 Å². The van der Waals surface area contributed by atoms with E-state index in [-0.39, 0.29) is 6.04 Å². The van der Waals surface area contributed by atoms with Crippen molar-refractivity contribution >= 4 is 6.09 Å². The Morgan fingerprint density at radius 2 is 2.00 bits per heavy atom. The highest BCUT2D eigenvalue weighted by Crippen LogP contribution is 2.28. The monoisotopic (exact) mass is 233 g/mol. The van der Waals surface area contributed by atoms with Crippen molar-refractivity contribution in [3.63, 3.8) is 0 Å². The minimum Gasteiger partial charge on any atom is -0.441 e. The van der Waals surface area contributed by atoms with Gasteiger partial charge >= 0.3 is 6.09 Å². The molecular weight excluding hydrogens is 218 g/mol. The topological polar surface area (TPSA) is 97.3 Å². The van der Waals surface area contributed by atoms with Crippen molar-refractivity contribution in [2.24, 2.45) is 0 Å². The standard InChI is InChI=1S/C9H15NO6/c1-3-6(16-9(13)10-3)7-4(11)5(12)8(14-2)15-7/h3-8,11-12H,1-2H3,(H,10,13)/t3?,4-,5+,6?,7?,8+/m0/s1. The van der Waals surface area contributed by atoms with Crippen molar-refractivity contribution < 1.29 is 29.2 Å². The number of ether oxygens (including phenoxy) is 3. The zero-order valence-corrected chi connectivity index (χ0v) is 8.99. The summed E-state index contributed by atoms with van der Waals surface area (Å²) in [4.78, 5) is 11.0. The molecule has 0 bridgehead atoms. The van der Waals surface area contributed by atoms with E-state index >= 15 is 0 Å². The normalized spacial score (nSPS) is 47.9. The van der Waals surface area contributed by atoms with E-state index in [2.05, 4.69) is 5.32 Å². The van der Waals surface area contributed by atoms with Gasteiger partial charge in [0, 0.05) is 7.11 Å². The van der Waals surface area contributed by atoms with Crippen LogP contribution in [0.1, 0.15) is 6.92 Å². The first-order valence-electron chi connectivity index (χ1n) is 5.06. The molecule has 7 nitrogen and oxygen atoms in total. The summed E-state index contributed by atoms with van der Waals surface area (Å²) in [6, 6.07) is -0.282. The third-order valence-corrected chi connectivity index (χ3v) is 2.89. The lowest BCUT2D eigenvalue weighted by Gasteiger charge is -2.22. The molecule has 0 aromatic carbocycles. The van der Waals surface area contributed by atoms with Crippen LogP contribution >= 0.6 is 0 Å². The average Bonchev–Trinajstić information content (AvgIpc) is 2.70. The summed E-state index contributed by atoms with van der Waals surface area (Å²) >= 11 is 0. The summed E-state index contributed by atoms with van der Waals surface area (Å²) in [5, 5.41) is 21.9. The molecule has 0 radical (unpaired) electrons. The fourth-order valence-corrected chi connectivity index (χ4v) is 2.02. The number of carbonyl (C=O) groups is 1. The maximum atomic E-state index is 11.0. The summed E-state index contributed by atoms with van der Waals surface area (Å²) in [5.74, 6) is 0. The number of cyclic esters (lactones) is 1. The Morgan fingerprint density at radius 3 is 2.44 bits per heavy atom. The van der Waals surface area contributed by atoms with Gasteiger partial charge in [0.05, 0.1) is 6.04 Å². The molecule has 2 rings (SSSR count). The maximum absolute atomic E-state index is 11.0. The van der Waals surface area contributed by atoms with Crippen LogP contribution in [0.3, 0.4) is 0 Å². The zero-order valence-electron chi connectivity index (χ0n) is 8.99. The fraction of sp³-hybridized carbons (Fsp3) is 0.889. The molecule has 0 aliphatic carbocycles. The Balaban J connectivity index is 2.08. The smallest absolute Gasteiger partial charge is 0.407 e. The second-order valence-electron chi connectivity index (χ2n) is 3.99. The summed E-state index contributed by atoms with van der Waals surface area (Å²) < 4.78 is 15.1. The summed E-state index contributed by atoms with van der Waals surface area (Å²) in [6.07, 6.45) is -5.13. The number of aliphatic hydroxyl groups is 2. The Labute approximate surface area is 92.3 Å². The molecule has 2 aliphatic rings. The van der Waals surface area contributed by atoms with Crippen molar-refractivity contribution in [3.8, 4) is 0 Å². The number of alkyl carbamates (subject to hydrolysis) is 1. The average molecular weight is 233 g/mol. The second kappa shape index (κ2) is 4.17. The molecule has 3 unspecified atom stereocenters. The Morgan fingerprint density at radius 1 is 1.31 bits per heavy atom. The molecule has 2 fully saturated rings. The SMILES string of the molecule is CO[C@@H]1OC(C2OC(=O)NC2C)[C@@H](O)[C@H]1O. The van der Waals surface area contributed by atoms with Gasteiger partial charge in [0.2, 0.25) is 0 Å². The zero-order chi connectivity index (χ0) is 11.9. The van der Waals surface area contributed by atoms with Gasteiger partial charge in [-0.3, -0.25) is 0 Å². The van der Waals surface area contributed by atoms with Crippen LogP contribution in [-0.2, 0) is 14.2 Å². The van der Waals surface area contributed by atoms with E-state index < -0.39 is 36.8 Å². The van der Waals surface area contributed by atoms with Crippen molar-refractivity contribution in [3.05, 3.63) is 0 Å². The van der Waals surface area contributed by atoms with Crippen molar-refractivity contribution in [1.82, 2.24) is 5.32 Å². The predicted octanol–water partition coefficient (Wildman–Crippen LogP) is -1.42. The number of carbonyl (C=O) groups excluding carboxylic acids is 1. The van der Waals surface area contributed by atoms with Gasteiger partial charge in [-0.2, -0.15) is 0 Å². The van der Waals surface area contributed by atoms with E-state index in [1.165, 1.54) is 7.11 Å². The first kappa shape index (κ1) is 11.6. The molecule has 16 heavy (non-hydrogen) atoms. The lowest BCUT2D eigenvalue weighted by molar-refractivity contribution is -0.161. The van der Waals surface area contributed by atoms with Crippen molar-refractivity contribution in [2.45, 2.75) is 43.7 Å². The van der Waals surface area contributed by atoms with Gasteiger partial charge in [0.25, 0.3) is 0 Å². The molecule has 3 N–H and O–H groups in total. The van der Waals surface area contributed by atoms with Gasteiger partial charge in [0.15, 0.2) is 12.4 Å². The van der Waals surface area contributed by atoms with Gasteiger partial charge in [-0.15, -0.1) is 0 Å². The Hall–Kier alpha value is -0.890. The summed E-state index contributed by atoms with van der Waals surface area (Å²) in [6.45, 7) is 1.73. The van der Waals surface area contributed by atoms with E-state index in [1.807, 2.05) is 0 Å². The van der Waals surface area contributed by atoms with Gasteiger partial charge in [-0.25, -0.2) is 4.79 Å². The van der Waals surface area contributed by atoms with Crippen LogP contribution in [0, 0.1) is 0 Å². The molecule has 0 aromatic heterocycles. The highest BCUT2D eigenvalue weighted by Gasteiger charge is 2.51. The Bertz CT molecular complexity index is 285.